The molecule has 1 aromatic carbocycles. The Hall–Kier alpha value is -2.25. The van der Waals surface area contributed by atoms with Gasteiger partial charge >= 0.3 is 5.97 Å². The Morgan fingerprint density at radius 2 is 2.00 bits per heavy atom. The first-order valence-electron chi connectivity index (χ1n) is 11.4. The van der Waals surface area contributed by atoms with Crippen LogP contribution in [0.5, 0.6) is 0 Å². The standard InChI is InChI=1S/C25H30N2O3S2/c1-4-14-27-15-21(17-10-6-8-12-19(17)27)31-16(3)23(28)26-24-22(25(29)30-5-2)18-11-7-9-13-20(18)32-24/h6,8,10,12,15-16H,4-5,7,9,11,13-14H2,1-3H3,(H,26,28). The predicted molar refractivity (Wildman–Crippen MR) is 133 cm³/mol. The smallest absolute Gasteiger partial charge is 0.341 e. The fraction of sp³-hybridized carbons (Fsp3) is 0.440. The van der Waals surface area contributed by atoms with Crippen LogP contribution in [0.1, 0.15) is 60.8 Å². The summed E-state index contributed by atoms with van der Waals surface area (Å²) < 4.78 is 7.57. The molecular formula is C25H30N2O3S2. The second kappa shape index (κ2) is 10.1. The molecule has 1 aliphatic carbocycles. The van der Waals surface area contributed by atoms with E-state index in [4.69, 9.17) is 4.74 Å². The van der Waals surface area contributed by atoms with E-state index in [0.29, 0.717) is 17.2 Å². The highest BCUT2D eigenvalue weighted by atomic mass is 32.2. The number of para-hydroxylation sites is 1. The van der Waals surface area contributed by atoms with Gasteiger partial charge in [0.1, 0.15) is 5.00 Å². The molecule has 1 unspecified atom stereocenters. The molecule has 32 heavy (non-hydrogen) atoms. The highest BCUT2D eigenvalue weighted by molar-refractivity contribution is 8.00. The van der Waals surface area contributed by atoms with Gasteiger partial charge in [-0.25, -0.2) is 4.79 Å². The van der Waals surface area contributed by atoms with Gasteiger partial charge in [-0.05, 0) is 57.6 Å². The van der Waals surface area contributed by atoms with E-state index in [-0.39, 0.29) is 17.1 Å². The fourth-order valence-electron chi connectivity index (χ4n) is 4.26. The van der Waals surface area contributed by atoms with Gasteiger partial charge in [-0.2, -0.15) is 0 Å². The van der Waals surface area contributed by atoms with E-state index < -0.39 is 0 Å². The number of thiophene rings is 1. The Morgan fingerprint density at radius 3 is 2.78 bits per heavy atom. The SMILES string of the molecule is CCCn1cc(SC(C)C(=O)Nc2sc3c(c2C(=O)OCC)CCCC3)c2ccccc21. The lowest BCUT2D eigenvalue weighted by molar-refractivity contribution is -0.115. The summed E-state index contributed by atoms with van der Waals surface area (Å²) in [4.78, 5) is 28.1. The summed E-state index contributed by atoms with van der Waals surface area (Å²) >= 11 is 3.10. The van der Waals surface area contributed by atoms with Crippen LogP contribution in [0.3, 0.4) is 0 Å². The lowest BCUT2D eigenvalue weighted by Crippen LogP contribution is -2.23. The number of carbonyl (C=O) groups is 2. The molecule has 0 radical (unpaired) electrons. The zero-order chi connectivity index (χ0) is 22.7. The molecule has 7 heteroatoms. The van der Waals surface area contributed by atoms with Crippen LogP contribution in [0, 0.1) is 0 Å². The van der Waals surface area contributed by atoms with E-state index in [0.717, 1.165) is 49.1 Å². The van der Waals surface area contributed by atoms with E-state index in [1.807, 2.05) is 19.9 Å². The zero-order valence-electron chi connectivity index (χ0n) is 18.9. The number of benzene rings is 1. The number of nitrogens with one attached hydrogen (secondary N) is 1. The summed E-state index contributed by atoms with van der Waals surface area (Å²) in [6.07, 6.45) is 7.23. The molecule has 1 aliphatic rings. The number of aryl methyl sites for hydroxylation is 2. The molecule has 0 saturated heterocycles. The third kappa shape index (κ3) is 4.59. The molecule has 0 aliphatic heterocycles. The van der Waals surface area contributed by atoms with Crippen LogP contribution in [0.15, 0.2) is 35.4 Å². The Labute approximate surface area is 197 Å². The minimum absolute atomic E-state index is 0.0912. The van der Waals surface area contributed by atoms with Crippen molar-refractivity contribution in [2.75, 3.05) is 11.9 Å². The normalized spacial score (nSPS) is 14.2. The lowest BCUT2D eigenvalue weighted by atomic mass is 9.95. The average Bonchev–Trinajstić information content (AvgIpc) is 3.32. The van der Waals surface area contributed by atoms with Gasteiger partial charge in [0.2, 0.25) is 5.91 Å². The van der Waals surface area contributed by atoms with E-state index >= 15 is 0 Å². The topological polar surface area (TPSA) is 60.3 Å². The predicted octanol–water partition coefficient (Wildman–Crippen LogP) is 6.29. The fourth-order valence-corrected chi connectivity index (χ4v) is 6.58. The van der Waals surface area contributed by atoms with Crippen molar-refractivity contribution in [3.63, 3.8) is 0 Å². The number of amides is 1. The average molecular weight is 471 g/mol. The van der Waals surface area contributed by atoms with Crippen molar-refractivity contribution >= 4 is 50.9 Å². The number of hydrogen-bond donors (Lipinski definition) is 1. The lowest BCUT2D eigenvalue weighted by Gasteiger charge is -2.13. The van der Waals surface area contributed by atoms with Gasteiger partial charge in [0.25, 0.3) is 0 Å². The first-order valence-corrected chi connectivity index (χ1v) is 13.1. The zero-order valence-corrected chi connectivity index (χ0v) is 20.5. The number of ether oxygens (including phenoxy) is 1. The highest BCUT2D eigenvalue weighted by Gasteiger charge is 2.28. The van der Waals surface area contributed by atoms with Crippen molar-refractivity contribution in [1.82, 2.24) is 4.57 Å². The number of esters is 1. The number of hydrogen-bond acceptors (Lipinski definition) is 5. The van der Waals surface area contributed by atoms with Gasteiger partial charge in [0.15, 0.2) is 0 Å². The highest BCUT2D eigenvalue weighted by Crippen LogP contribution is 2.39. The number of anilines is 1. The van der Waals surface area contributed by atoms with Crippen LogP contribution < -0.4 is 5.32 Å². The van der Waals surface area contributed by atoms with Gasteiger partial charge < -0.3 is 14.6 Å². The van der Waals surface area contributed by atoms with Gasteiger partial charge in [0, 0.05) is 33.4 Å². The maximum absolute atomic E-state index is 13.1. The summed E-state index contributed by atoms with van der Waals surface area (Å²) in [6, 6.07) is 8.33. The number of rotatable bonds is 8. The first-order chi connectivity index (χ1) is 15.5. The number of nitrogens with zero attached hydrogens (tertiary/aromatic N) is 1. The molecule has 2 heterocycles. The molecule has 0 bridgehead atoms. The Balaban J connectivity index is 1.56. The molecule has 3 aromatic rings. The van der Waals surface area contributed by atoms with Gasteiger partial charge in [-0.15, -0.1) is 23.1 Å². The van der Waals surface area contributed by atoms with Gasteiger partial charge in [-0.1, -0.05) is 25.1 Å². The number of fused-ring (bicyclic) bond motifs is 2. The number of aromatic nitrogens is 1. The second-order valence-electron chi connectivity index (χ2n) is 8.09. The van der Waals surface area contributed by atoms with E-state index in [1.54, 1.807) is 11.8 Å². The van der Waals surface area contributed by atoms with Crippen LogP contribution in [0.2, 0.25) is 0 Å². The molecule has 0 saturated carbocycles. The van der Waals surface area contributed by atoms with Gasteiger partial charge in [-0.3, -0.25) is 4.79 Å². The molecule has 170 valence electrons. The molecule has 4 rings (SSSR count). The molecule has 1 atom stereocenters. The van der Waals surface area contributed by atoms with Crippen molar-refractivity contribution in [2.45, 2.75) is 69.6 Å². The minimum Gasteiger partial charge on any atom is -0.462 e. The quantitative estimate of drug-likeness (QED) is 0.311. The summed E-state index contributed by atoms with van der Waals surface area (Å²) in [5, 5.41) is 4.57. The molecule has 0 spiro atoms. The van der Waals surface area contributed by atoms with Crippen molar-refractivity contribution in [3.05, 3.63) is 46.5 Å². The molecular weight excluding hydrogens is 440 g/mol. The van der Waals surface area contributed by atoms with Crippen LogP contribution in [0.25, 0.3) is 10.9 Å². The Bertz CT molecular complexity index is 1130. The van der Waals surface area contributed by atoms with Crippen LogP contribution in [-0.2, 0) is 28.9 Å². The van der Waals surface area contributed by atoms with E-state index in [1.165, 1.54) is 27.1 Å². The molecule has 1 N–H and O–H groups in total. The maximum atomic E-state index is 13.1. The largest absolute Gasteiger partial charge is 0.462 e. The van der Waals surface area contributed by atoms with Gasteiger partial charge in [0.05, 0.1) is 17.4 Å². The monoisotopic (exact) mass is 470 g/mol. The number of thioether (sulfide) groups is 1. The van der Waals surface area contributed by atoms with Crippen LogP contribution in [0.4, 0.5) is 5.00 Å². The summed E-state index contributed by atoms with van der Waals surface area (Å²) in [5.41, 5.74) is 2.83. The molecule has 1 amide bonds. The van der Waals surface area contributed by atoms with Crippen LogP contribution in [-0.4, -0.2) is 28.3 Å². The van der Waals surface area contributed by atoms with Crippen molar-refractivity contribution < 1.29 is 14.3 Å². The minimum atomic E-state index is -0.329. The number of carbonyl (C=O) groups excluding carboxylic acids is 2. The second-order valence-corrected chi connectivity index (χ2v) is 10.6. The van der Waals surface area contributed by atoms with Crippen LogP contribution >= 0.6 is 23.1 Å². The van der Waals surface area contributed by atoms with E-state index in [9.17, 15) is 9.59 Å². The Morgan fingerprint density at radius 1 is 1.22 bits per heavy atom. The summed E-state index contributed by atoms with van der Waals surface area (Å²) in [5.74, 6) is -0.420. The van der Waals surface area contributed by atoms with Crippen molar-refractivity contribution in [2.24, 2.45) is 0 Å². The first kappa shape index (κ1) is 22.9. The van der Waals surface area contributed by atoms with Crippen molar-refractivity contribution in [1.29, 1.82) is 0 Å². The van der Waals surface area contributed by atoms with E-state index in [2.05, 4.69) is 41.2 Å². The van der Waals surface area contributed by atoms with Crippen molar-refractivity contribution in [3.8, 4) is 0 Å². The molecule has 2 aromatic heterocycles. The molecule has 0 fully saturated rings. The third-order valence-corrected chi connectivity index (χ3v) is 8.13. The molecule has 5 nitrogen and oxygen atoms in total. The maximum Gasteiger partial charge on any atom is 0.341 e. The summed E-state index contributed by atoms with van der Waals surface area (Å²) in [7, 11) is 0. The summed E-state index contributed by atoms with van der Waals surface area (Å²) in [6.45, 7) is 7.17. The third-order valence-electron chi connectivity index (χ3n) is 5.78. The Kier molecular flexibility index (Phi) is 7.26.